The third-order valence-corrected chi connectivity index (χ3v) is 2.76. The Balaban J connectivity index is 4.29. The van der Waals surface area contributed by atoms with E-state index in [2.05, 4.69) is 46.4 Å². The fraction of sp³-hybridized carbons (Fsp3) is 1.00. The Hall–Kier alpha value is -0.0400. The van der Waals surface area contributed by atoms with Crippen molar-refractivity contribution in [1.82, 2.24) is 4.90 Å². The van der Waals surface area contributed by atoms with E-state index >= 15 is 0 Å². The molecule has 0 aliphatic carbocycles. The number of hydrogen-bond donors (Lipinski definition) is 0. The molecular weight excluding hydrogens is 158 g/mol. The molecule has 1 heteroatoms. The van der Waals surface area contributed by atoms with Gasteiger partial charge in [0.1, 0.15) is 0 Å². The van der Waals surface area contributed by atoms with Crippen LogP contribution >= 0.6 is 0 Å². The van der Waals surface area contributed by atoms with Crippen LogP contribution < -0.4 is 0 Å². The van der Waals surface area contributed by atoms with Crippen molar-refractivity contribution in [3.8, 4) is 0 Å². The Bertz CT molecular complexity index is 118. The summed E-state index contributed by atoms with van der Waals surface area (Å²) < 4.78 is 0. The van der Waals surface area contributed by atoms with Gasteiger partial charge in [-0.3, -0.25) is 4.90 Å². The third-order valence-electron chi connectivity index (χ3n) is 2.76. The van der Waals surface area contributed by atoms with Gasteiger partial charge in [-0.05, 0) is 39.2 Å². The van der Waals surface area contributed by atoms with E-state index in [4.69, 9.17) is 0 Å². The first-order valence-corrected chi connectivity index (χ1v) is 5.80. The van der Waals surface area contributed by atoms with E-state index in [1.165, 1.54) is 19.4 Å². The van der Waals surface area contributed by atoms with Gasteiger partial charge >= 0.3 is 0 Å². The van der Waals surface area contributed by atoms with Crippen molar-refractivity contribution in [2.45, 2.75) is 66.5 Å². The van der Waals surface area contributed by atoms with Crippen LogP contribution in [0.2, 0.25) is 0 Å². The minimum Gasteiger partial charge on any atom is -0.298 e. The molecule has 0 aromatic carbocycles. The van der Waals surface area contributed by atoms with Crippen LogP contribution in [0.15, 0.2) is 0 Å². The predicted octanol–water partition coefficient (Wildman–Crippen LogP) is 3.54. The molecule has 0 spiro atoms. The highest BCUT2D eigenvalue weighted by Crippen LogP contribution is 2.17. The van der Waals surface area contributed by atoms with Crippen molar-refractivity contribution in [1.29, 1.82) is 0 Å². The summed E-state index contributed by atoms with van der Waals surface area (Å²) in [4.78, 5) is 2.64. The van der Waals surface area contributed by atoms with E-state index in [0.717, 1.165) is 12.0 Å². The molecule has 13 heavy (non-hydrogen) atoms. The summed E-state index contributed by atoms with van der Waals surface area (Å²) in [5.41, 5.74) is 0. The van der Waals surface area contributed by atoms with Crippen LogP contribution in [-0.4, -0.2) is 23.5 Å². The first-order chi connectivity index (χ1) is 6.04. The summed E-state index contributed by atoms with van der Waals surface area (Å²) in [7, 11) is 0. The Morgan fingerprint density at radius 3 is 1.77 bits per heavy atom. The lowest BCUT2D eigenvalue weighted by Crippen LogP contribution is -2.43. The molecule has 1 nitrogen and oxygen atoms in total. The molecule has 0 fully saturated rings. The SMILES string of the molecule is CCCN(C(C)C)C(CC)C(C)C. The van der Waals surface area contributed by atoms with Gasteiger partial charge in [0, 0.05) is 12.1 Å². The van der Waals surface area contributed by atoms with Crippen molar-refractivity contribution < 1.29 is 0 Å². The number of nitrogens with zero attached hydrogens (tertiary/aromatic N) is 1. The molecule has 0 N–H and O–H groups in total. The van der Waals surface area contributed by atoms with Crippen molar-refractivity contribution in [2.24, 2.45) is 5.92 Å². The zero-order chi connectivity index (χ0) is 10.4. The molecule has 0 radical (unpaired) electrons. The highest BCUT2D eigenvalue weighted by Gasteiger charge is 2.21. The lowest BCUT2D eigenvalue weighted by atomic mass is 9.98. The van der Waals surface area contributed by atoms with E-state index in [1.54, 1.807) is 0 Å². The predicted molar refractivity (Wildman–Crippen MR) is 61.1 cm³/mol. The smallest absolute Gasteiger partial charge is 0.0118 e. The van der Waals surface area contributed by atoms with Crippen molar-refractivity contribution in [2.75, 3.05) is 6.54 Å². The Morgan fingerprint density at radius 1 is 1.00 bits per heavy atom. The maximum absolute atomic E-state index is 2.64. The fourth-order valence-electron chi connectivity index (χ4n) is 2.15. The van der Waals surface area contributed by atoms with Crippen LogP contribution in [0, 0.1) is 5.92 Å². The van der Waals surface area contributed by atoms with E-state index in [-0.39, 0.29) is 0 Å². The van der Waals surface area contributed by atoms with Crippen LogP contribution in [0.4, 0.5) is 0 Å². The van der Waals surface area contributed by atoms with Gasteiger partial charge in [0.25, 0.3) is 0 Å². The van der Waals surface area contributed by atoms with Crippen LogP contribution in [0.25, 0.3) is 0 Å². The van der Waals surface area contributed by atoms with E-state index in [1.807, 2.05) is 0 Å². The molecule has 1 unspecified atom stereocenters. The molecule has 0 heterocycles. The summed E-state index contributed by atoms with van der Waals surface area (Å²) >= 11 is 0. The molecule has 0 aromatic heterocycles. The quantitative estimate of drug-likeness (QED) is 0.612. The first kappa shape index (κ1) is 13.0. The van der Waals surface area contributed by atoms with Gasteiger partial charge < -0.3 is 0 Å². The molecule has 80 valence electrons. The molecule has 0 bridgehead atoms. The maximum atomic E-state index is 2.64. The lowest BCUT2D eigenvalue weighted by molar-refractivity contribution is 0.114. The second-order valence-electron chi connectivity index (χ2n) is 4.55. The number of hydrogen-bond acceptors (Lipinski definition) is 1. The van der Waals surface area contributed by atoms with Crippen LogP contribution in [0.5, 0.6) is 0 Å². The average Bonchev–Trinajstić information content (AvgIpc) is 2.03. The molecule has 0 saturated carbocycles. The van der Waals surface area contributed by atoms with Gasteiger partial charge in [-0.15, -0.1) is 0 Å². The Kier molecular flexibility index (Phi) is 6.40. The largest absolute Gasteiger partial charge is 0.298 e. The monoisotopic (exact) mass is 185 g/mol. The molecule has 0 aliphatic rings. The molecule has 0 aliphatic heterocycles. The standard InChI is InChI=1S/C12H27N/c1-7-9-13(11(5)6)12(8-2)10(3)4/h10-12H,7-9H2,1-6H3. The molecule has 0 aromatic rings. The van der Waals surface area contributed by atoms with Gasteiger partial charge in [0.05, 0.1) is 0 Å². The first-order valence-electron chi connectivity index (χ1n) is 5.80. The third kappa shape index (κ3) is 4.12. The van der Waals surface area contributed by atoms with Crippen LogP contribution in [-0.2, 0) is 0 Å². The Morgan fingerprint density at radius 2 is 1.54 bits per heavy atom. The lowest BCUT2D eigenvalue weighted by Gasteiger charge is -2.36. The summed E-state index contributed by atoms with van der Waals surface area (Å²) in [5, 5.41) is 0. The van der Waals surface area contributed by atoms with Crippen molar-refractivity contribution >= 4 is 0 Å². The van der Waals surface area contributed by atoms with Crippen molar-refractivity contribution in [3.63, 3.8) is 0 Å². The van der Waals surface area contributed by atoms with Crippen LogP contribution in [0.3, 0.4) is 0 Å². The zero-order valence-electron chi connectivity index (χ0n) is 10.3. The van der Waals surface area contributed by atoms with E-state index in [9.17, 15) is 0 Å². The molecular formula is C12H27N. The molecule has 0 rings (SSSR count). The van der Waals surface area contributed by atoms with E-state index in [0.29, 0.717) is 6.04 Å². The molecule has 0 saturated heterocycles. The summed E-state index contributed by atoms with van der Waals surface area (Å²) in [6.45, 7) is 15.1. The van der Waals surface area contributed by atoms with E-state index < -0.39 is 0 Å². The van der Waals surface area contributed by atoms with Gasteiger partial charge in [-0.2, -0.15) is 0 Å². The summed E-state index contributed by atoms with van der Waals surface area (Å²) in [6, 6.07) is 1.45. The normalized spacial score (nSPS) is 14.5. The zero-order valence-corrected chi connectivity index (χ0v) is 10.3. The van der Waals surface area contributed by atoms with Gasteiger partial charge in [-0.1, -0.05) is 27.7 Å². The minimum absolute atomic E-state index is 0.687. The highest BCUT2D eigenvalue weighted by molar-refractivity contribution is 4.75. The van der Waals surface area contributed by atoms with Gasteiger partial charge in [-0.25, -0.2) is 0 Å². The number of rotatable bonds is 6. The molecule has 0 amide bonds. The highest BCUT2D eigenvalue weighted by atomic mass is 15.2. The van der Waals surface area contributed by atoms with Crippen LogP contribution in [0.1, 0.15) is 54.4 Å². The molecule has 1 atom stereocenters. The summed E-state index contributed by atoms with van der Waals surface area (Å²) in [5.74, 6) is 0.777. The fourth-order valence-corrected chi connectivity index (χ4v) is 2.15. The summed E-state index contributed by atoms with van der Waals surface area (Å²) in [6.07, 6.45) is 2.54. The van der Waals surface area contributed by atoms with Gasteiger partial charge in [0.15, 0.2) is 0 Å². The maximum Gasteiger partial charge on any atom is 0.0118 e. The topological polar surface area (TPSA) is 3.24 Å². The van der Waals surface area contributed by atoms with Gasteiger partial charge in [0.2, 0.25) is 0 Å². The van der Waals surface area contributed by atoms with Crippen molar-refractivity contribution in [3.05, 3.63) is 0 Å². The second kappa shape index (κ2) is 6.42. The minimum atomic E-state index is 0.687. The second-order valence-corrected chi connectivity index (χ2v) is 4.55. The average molecular weight is 185 g/mol. The Labute approximate surface area is 84.5 Å².